The summed E-state index contributed by atoms with van der Waals surface area (Å²) in [6.45, 7) is 3.81. The van der Waals surface area contributed by atoms with Crippen LogP contribution >= 0.6 is 11.6 Å². The zero-order valence-electron chi connectivity index (χ0n) is 10.3. The summed E-state index contributed by atoms with van der Waals surface area (Å²) in [5.41, 5.74) is 0. The molecule has 2 heterocycles. The minimum absolute atomic E-state index is 0.0238. The number of rotatable bonds is 3. The molecular weight excluding hydrogens is 258 g/mol. The molecule has 1 aromatic heterocycles. The third-order valence-electron chi connectivity index (χ3n) is 2.59. The summed E-state index contributed by atoms with van der Waals surface area (Å²) in [5.74, 6) is 0.399. The lowest BCUT2D eigenvalue weighted by atomic mass is 10.3. The van der Waals surface area contributed by atoms with Crippen molar-refractivity contribution in [2.24, 2.45) is 0 Å². The molecule has 1 fully saturated rings. The van der Waals surface area contributed by atoms with Crippen molar-refractivity contribution in [2.45, 2.75) is 6.92 Å². The number of aromatic nitrogens is 3. The highest BCUT2D eigenvalue weighted by molar-refractivity contribution is 6.28. The van der Waals surface area contributed by atoms with Gasteiger partial charge in [-0.2, -0.15) is 15.0 Å². The highest BCUT2D eigenvalue weighted by Crippen LogP contribution is 2.16. The van der Waals surface area contributed by atoms with Gasteiger partial charge in [0, 0.05) is 20.1 Å². The van der Waals surface area contributed by atoms with E-state index in [1.807, 2.05) is 6.92 Å². The van der Waals surface area contributed by atoms with Crippen LogP contribution in [0.1, 0.15) is 6.92 Å². The summed E-state index contributed by atoms with van der Waals surface area (Å²) in [5, 5.41) is 0.0647. The van der Waals surface area contributed by atoms with Gasteiger partial charge in [-0.05, 0) is 18.5 Å². The van der Waals surface area contributed by atoms with E-state index in [9.17, 15) is 4.79 Å². The first kappa shape index (κ1) is 12.8. The number of halogens is 1. The van der Waals surface area contributed by atoms with Crippen LogP contribution in [-0.2, 0) is 4.79 Å². The first-order valence-corrected chi connectivity index (χ1v) is 6.01. The maximum Gasteiger partial charge on any atom is 0.322 e. The van der Waals surface area contributed by atoms with E-state index < -0.39 is 0 Å². The third-order valence-corrected chi connectivity index (χ3v) is 2.76. The first-order valence-electron chi connectivity index (χ1n) is 5.63. The van der Waals surface area contributed by atoms with Crippen LogP contribution in [0.2, 0.25) is 5.28 Å². The van der Waals surface area contributed by atoms with Crippen LogP contribution < -0.4 is 9.64 Å². The molecule has 0 N–H and O–H groups in total. The quantitative estimate of drug-likeness (QED) is 0.782. The van der Waals surface area contributed by atoms with Crippen molar-refractivity contribution in [2.75, 3.05) is 38.2 Å². The number of ether oxygens (including phenoxy) is 1. The standard InChI is InChI=1S/C10H14ClN5O2/c1-3-18-10-13-8(11)12-9(14-10)16-5-4-15(2)7(17)6-16/h3-6H2,1-2H3. The zero-order valence-corrected chi connectivity index (χ0v) is 11.0. The van der Waals surface area contributed by atoms with E-state index in [0.717, 1.165) is 0 Å². The molecule has 1 aliphatic rings. The Morgan fingerprint density at radius 2 is 2.11 bits per heavy atom. The maximum atomic E-state index is 11.6. The van der Waals surface area contributed by atoms with E-state index in [-0.39, 0.29) is 23.7 Å². The fourth-order valence-electron chi connectivity index (χ4n) is 1.59. The summed E-state index contributed by atoms with van der Waals surface area (Å²) in [4.78, 5) is 27.1. The second-order valence-corrected chi connectivity index (χ2v) is 4.19. The molecule has 0 radical (unpaired) electrons. The largest absolute Gasteiger partial charge is 0.464 e. The molecule has 1 saturated heterocycles. The van der Waals surface area contributed by atoms with Gasteiger partial charge in [0.25, 0.3) is 0 Å². The van der Waals surface area contributed by atoms with E-state index in [2.05, 4.69) is 15.0 Å². The molecule has 1 aliphatic heterocycles. The van der Waals surface area contributed by atoms with Crippen LogP contribution in [-0.4, -0.2) is 59.0 Å². The lowest BCUT2D eigenvalue weighted by molar-refractivity contribution is -0.129. The number of nitrogens with zero attached hydrogens (tertiary/aromatic N) is 5. The number of carbonyl (C=O) groups excluding carboxylic acids is 1. The molecule has 7 nitrogen and oxygen atoms in total. The average Bonchev–Trinajstić information content (AvgIpc) is 2.32. The summed E-state index contributed by atoms with van der Waals surface area (Å²) in [7, 11) is 1.77. The maximum absolute atomic E-state index is 11.6. The number of carbonyl (C=O) groups is 1. The molecule has 0 atom stereocenters. The molecule has 1 amide bonds. The van der Waals surface area contributed by atoms with Gasteiger partial charge in [-0.15, -0.1) is 0 Å². The highest BCUT2D eigenvalue weighted by atomic mass is 35.5. The minimum Gasteiger partial charge on any atom is -0.464 e. The van der Waals surface area contributed by atoms with E-state index in [4.69, 9.17) is 16.3 Å². The monoisotopic (exact) mass is 271 g/mol. The van der Waals surface area contributed by atoms with E-state index in [1.54, 1.807) is 16.8 Å². The van der Waals surface area contributed by atoms with Gasteiger partial charge in [0.05, 0.1) is 13.2 Å². The topological polar surface area (TPSA) is 71.5 Å². The van der Waals surface area contributed by atoms with Crippen LogP contribution in [0.4, 0.5) is 5.95 Å². The normalized spacial score (nSPS) is 16.1. The summed E-state index contributed by atoms with van der Waals surface area (Å²) < 4.78 is 5.20. The molecule has 0 aromatic carbocycles. The van der Waals surface area contributed by atoms with Crippen molar-refractivity contribution < 1.29 is 9.53 Å². The minimum atomic E-state index is 0.0238. The first-order chi connectivity index (χ1) is 8.60. The second-order valence-electron chi connectivity index (χ2n) is 3.86. The van der Waals surface area contributed by atoms with Crippen molar-refractivity contribution in [3.8, 4) is 6.01 Å². The number of hydrogen-bond acceptors (Lipinski definition) is 6. The van der Waals surface area contributed by atoms with Crippen molar-refractivity contribution in [1.29, 1.82) is 0 Å². The van der Waals surface area contributed by atoms with Crippen molar-refractivity contribution in [3.05, 3.63) is 5.28 Å². The zero-order chi connectivity index (χ0) is 13.1. The Hall–Kier alpha value is -1.63. The van der Waals surface area contributed by atoms with Crippen LogP contribution in [0.5, 0.6) is 6.01 Å². The SMILES string of the molecule is CCOc1nc(Cl)nc(N2CCN(C)C(=O)C2)n1. The van der Waals surface area contributed by atoms with E-state index in [0.29, 0.717) is 25.6 Å². The Morgan fingerprint density at radius 1 is 1.33 bits per heavy atom. The Morgan fingerprint density at radius 3 is 2.78 bits per heavy atom. The van der Waals surface area contributed by atoms with Crippen molar-refractivity contribution >= 4 is 23.5 Å². The van der Waals surface area contributed by atoms with Crippen LogP contribution in [0.25, 0.3) is 0 Å². The molecule has 98 valence electrons. The van der Waals surface area contributed by atoms with Gasteiger partial charge in [0.1, 0.15) is 0 Å². The highest BCUT2D eigenvalue weighted by Gasteiger charge is 2.23. The summed E-state index contributed by atoms with van der Waals surface area (Å²) in [6, 6.07) is 0.180. The van der Waals surface area contributed by atoms with Gasteiger partial charge in [-0.25, -0.2) is 0 Å². The predicted molar refractivity (Wildman–Crippen MR) is 65.9 cm³/mol. The number of amides is 1. The van der Waals surface area contributed by atoms with Gasteiger partial charge in [-0.1, -0.05) is 0 Å². The van der Waals surface area contributed by atoms with Gasteiger partial charge < -0.3 is 14.5 Å². The molecule has 1 aromatic rings. The second kappa shape index (κ2) is 5.34. The van der Waals surface area contributed by atoms with Gasteiger partial charge in [-0.3, -0.25) is 4.79 Å². The predicted octanol–water partition coefficient (Wildman–Crippen LogP) is 0.202. The molecule has 8 heteroatoms. The molecule has 2 rings (SSSR count). The molecule has 18 heavy (non-hydrogen) atoms. The fraction of sp³-hybridized carbons (Fsp3) is 0.600. The van der Waals surface area contributed by atoms with E-state index >= 15 is 0 Å². The molecular formula is C10H14ClN5O2. The molecule has 0 saturated carbocycles. The van der Waals surface area contributed by atoms with Gasteiger partial charge in [0.2, 0.25) is 17.1 Å². The summed E-state index contributed by atoms with van der Waals surface area (Å²) in [6.07, 6.45) is 0. The van der Waals surface area contributed by atoms with Crippen LogP contribution in [0.3, 0.4) is 0 Å². The molecule has 0 aliphatic carbocycles. The van der Waals surface area contributed by atoms with Crippen LogP contribution in [0, 0.1) is 0 Å². The smallest absolute Gasteiger partial charge is 0.322 e. The number of hydrogen-bond donors (Lipinski definition) is 0. The van der Waals surface area contributed by atoms with Gasteiger partial charge >= 0.3 is 6.01 Å². The van der Waals surface area contributed by atoms with Gasteiger partial charge in [0.15, 0.2) is 0 Å². The van der Waals surface area contributed by atoms with Crippen molar-refractivity contribution in [3.63, 3.8) is 0 Å². The summed E-state index contributed by atoms with van der Waals surface area (Å²) >= 11 is 5.81. The number of likely N-dealkylation sites (N-methyl/N-ethyl adjacent to an activating group) is 1. The molecule has 0 bridgehead atoms. The fourth-order valence-corrected chi connectivity index (χ4v) is 1.73. The lowest BCUT2D eigenvalue weighted by Gasteiger charge is -2.31. The van der Waals surface area contributed by atoms with Crippen molar-refractivity contribution in [1.82, 2.24) is 19.9 Å². The Labute approximate surface area is 110 Å². The number of piperazine rings is 1. The Bertz CT molecular complexity index is 456. The lowest BCUT2D eigenvalue weighted by Crippen LogP contribution is -2.49. The average molecular weight is 272 g/mol. The number of anilines is 1. The Kier molecular flexibility index (Phi) is 3.81. The molecule has 0 unspecified atom stereocenters. The van der Waals surface area contributed by atoms with E-state index in [1.165, 1.54) is 0 Å². The third kappa shape index (κ3) is 2.79. The Balaban J connectivity index is 2.19. The molecule has 0 spiro atoms. The van der Waals surface area contributed by atoms with Crippen LogP contribution in [0.15, 0.2) is 0 Å².